The molecule has 1 heterocycles. The van der Waals surface area contributed by atoms with Gasteiger partial charge in [0.15, 0.2) is 0 Å². The van der Waals surface area contributed by atoms with Gasteiger partial charge < -0.3 is 5.32 Å². The van der Waals surface area contributed by atoms with E-state index in [2.05, 4.69) is 16.8 Å². The lowest BCUT2D eigenvalue weighted by atomic mass is 10.2. The van der Waals surface area contributed by atoms with Crippen molar-refractivity contribution in [2.24, 2.45) is 0 Å². The number of likely N-dealkylation sites (tertiary alicyclic amines) is 1. The predicted octanol–water partition coefficient (Wildman–Crippen LogP) is -0.00570. The predicted molar refractivity (Wildman–Crippen MR) is 44.3 cm³/mol. The van der Waals surface area contributed by atoms with Crippen LogP contribution in [0.1, 0.15) is 6.42 Å². The smallest absolute Gasteiger partial charge is 0.247 e. The molecule has 3 nitrogen and oxygen atoms in total. The summed E-state index contributed by atoms with van der Waals surface area (Å²) in [7, 11) is 1.63. The summed E-state index contributed by atoms with van der Waals surface area (Å²) in [6.07, 6.45) is 1.25. The van der Waals surface area contributed by atoms with E-state index in [0.29, 0.717) is 5.57 Å². The fraction of sp³-hybridized carbons (Fsp3) is 0.625. The zero-order chi connectivity index (χ0) is 8.27. The van der Waals surface area contributed by atoms with Gasteiger partial charge in [-0.1, -0.05) is 6.58 Å². The van der Waals surface area contributed by atoms with Crippen LogP contribution in [-0.2, 0) is 4.79 Å². The Bertz CT molecular complexity index is 173. The third-order valence-corrected chi connectivity index (χ3v) is 1.91. The third-order valence-electron chi connectivity index (χ3n) is 1.91. The topological polar surface area (TPSA) is 32.3 Å². The average molecular weight is 154 g/mol. The Balaban J connectivity index is 2.24. The number of hydrogen-bond acceptors (Lipinski definition) is 2. The highest BCUT2D eigenvalue weighted by Crippen LogP contribution is 2.07. The molecular formula is C8H14N2O. The Morgan fingerprint density at radius 2 is 2.27 bits per heavy atom. The van der Waals surface area contributed by atoms with Crippen LogP contribution >= 0.6 is 0 Å². The maximum atomic E-state index is 10.9. The molecule has 3 heteroatoms. The Morgan fingerprint density at radius 1 is 1.64 bits per heavy atom. The first-order chi connectivity index (χ1) is 5.24. The first-order valence-electron chi connectivity index (χ1n) is 3.86. The van der Waals surface area contributed by atoms with Gasteiger partial charge in [0, 0.05) is 19.2 Å². The van der Waals surface area contributed by atoms with Crippen molar-refractivity contribution in [2.75, 3.05) is 26.7 Å². The van der Waals surface area contributed by atoms with Crippen molar-refractivity contribution < 1.29 is 4.79 Å². The number of carbonyl (C=O) groups is 1. The molecule has 0 spiro atoms. The van der Waals surface area contributed by atoms with Crippen LogP contribution in [0, 0.1) is 0 Å². The summed E-state index contributed by atoms with van der Waals surface area (Å²) in [5.41, 5.74) is 0.659. The number of rotatable bonds is 3. The Labute approximate surface area is 67.1 Å². The van der Waals surface area contributed by atoms with Gasteiger partial charge in [-0.3, -0.25) is 9.69 Å². The van der Waals surface area contributed by atoms with Crippen LogP contribution < -0.4 is 5.32 Å². The van der Waals surface area contributed by atoms with E-state index in [-0.39, 0.29) is 5.91 Å². The van der Waals surface area contributed by atoms with E-state index in [0.717, 1.165) is 19.6 Å². The number of nitrogens with zero attached hydrogens (tertiary/aromatic N) is 1. The van der Waals surface area contributed by atoms with Crippen molar-refractivity contribution in [1.82, 2.24) is 10.2 Å². The lowest BCUT2D eigenvalue weighted by Crippen LogP contribution is -2.40. The van der Waals surface area contributed by atoms with Gasteiger partial charge in [0.25, 0.3) is 0 Å². The second-order valence-electron chi connectivity index (χ2n) is 2.81. The average Bonchev–Trinajstić information content (AvgIpc) is 1.94. The van der Waals surface area contributed by atoms with Gasteiger partial charge in [0.2, 0.25) is 5.91 Å². The first-order valence-corrected chi connectivity index (χ1v) is 3.86. The van der Waals surface area contributed by atoms with Gasteiger partial charge in [-0.05, 0) is 19.5 Å². The second kappa shape index (κ2) is 3.53. The highest BCUT2D eigenvalue weighted by atomic mass is 16.1. The lowest BCUT2D eigenvalue weighted by molar-refractivity contribution is -0.117. The Morgan fingerprint density at radius 3 is 2.64 bits per heavy atom. The van der Waals surface area contributed by atoms with Gasteiger partial charge in [0.1, 0.15) is 0 Å². The molecule has 0 atom stereocenters. The van der Waals surface area contributed by atoms with Crippen LogP contribution in [0.25, 0.3) is 0 Å². The van der Waals surface area contributed by atoms with Crippen LogP contribution in [-0.4, -0.2) is 37.5 Å². The maximum absolute atomic E-state index is 10.9. The zero-order valence-electron chi connectivity index (χ0n) is 6.89. The normalized spacial score (nSPS) is 17.2. The summed E-state index contributed by atoms with van der Waals surface area (Å²) in [6.45, 7) is 6.63. The number of carbonyl (C=O) groups excluding carboxylic acids is 1. The van der Waals surface area contributed by atoms with Crippen molar-refractivity contribution >= 4 is 5.91 Å². The summed E-state index contributed by atoms with van der Waals surface area (Å²) in [4.78, 5) is 13.2. The van der Waals surface area contributed by atoms with Gasteiger partial charge >= 0.3 is 0 Å². The molecule has 0 aromatic heterocycles. The van der Waals surface area contributed by atoms with Crippen LogP contribution in [0.15, 0.2) is 12.2 Å². The molecule has 62 valence electrons. The molecule has 1 N–H and O–H groups in total. The largest absolute Gasteiger partial charge is 0.355 e. The molecule has 1 amide bonds. The standard InChI is InChI=1S/C8H14N2O/c1-7(8(11)9-2)6-10-4-3-5-10/h1,3-6H2,2H3,(H,9,11). The number of hydrogen-bond donors (Lipinski definition) is 1. The van der Waals surface area contributed by atoms with Crippen molar-refractivity contribution in [3.05, 3.63) is 12.2 Å². The molecule has 0 unspecified atom stereocenters. The summed E-state index contributed by atoms with van der Waals surface area (Å²) < 4.78 is 0. The van der Waals surface area contributed by atoms with Gasteiger partial charge in [-0.25, -0.2) is 0 Å². The molecular weight excluding hydrogens is 140 g/mol. The maximum Gasteiger partial charge on any atom is 0.247 e. The number of nitrogens with one attached hydrogen (secondary N) is 1. The number of amides is 1. The van der Waals surface area contributed by atoms with E-state index in [9.17, 15) is 4.79 Å². The molecule has 0 radical (unpaired) electrons. The molecule has 0 aromatic carbocycles. The minimum atomic E-state index is -0.0445. The van der Waals surface area contributed by atoms with Crippen LogP contribution in [0.5, 0.6) is 0 Å². The van der Waals surface area contributed by atoms with E-state index in [4.69, 9.17) is 0 Å². The molecule has 1 aliphatic rings. The quantitative estimate of drug-likeness (QED) is 0.580. The molecule has 1 saturated heterocycles. The molecule has 1 rings (SSSR count). The Hall–Kier alpha value is -0.830. The Kier molecular flexibility index (Phi) is 2.65. The summed E-state index contributed by atoms with van der Waals surface area (Å²) >= 11 is 0. The number of likely N-dealkylation sites (N-methyl/N-ethyl adjacent to an activating group) is 1. The minimum absolute atomic E-state index is 0.0445. The molecule has 0 saturated carbocycles. The third kappa shape index (κ3) is 2.05. The van der Waals surface area contributed by atoms with Crippen molar-refractivity contribution in [3.8, 4) is 0 Å². The van der Waals surface area contributed by atoms with Crippen molar-refractivity contribution in [1.29, 1.82) is 0 Å². The van der Waals surface area contributed by atoms with E-state index in [1.807, 2.05) is 0 Å². The molecule has 1 fully saturated rings. The second-order valence-corrected chi connectivity index (χ2v) is 2.81. The van der Waals surface area contributed by atoms with Gasteiger partial charge in [-0.2, -0.15) is 0 Å². The van der Waals surface area contributed by atoms with Crippen LogP contribution in [0.3, 0.4) is 0 Å². The molecule has 11 heavy (non-hydrogen) atoms. The van der Waals surface area contributed by atoms with E-state index < -0.39 is 0 Å². The molecule has 0 aliphatic carbocycles. The minimum Gasteiger partial charge on any atom is -0.355 e. The highest BCUT2D eigenvalue weighted by Gasteiger charge is 2.16. The lowest BCUT2D eigenvalue weighted by Gasteiger charge is -2.30. The van der Waals surface area contributed by atoms with Gasteiger partial charge in [0.05, 0.1) is 0 Å². The fourth-order valence-electron chi connectivity index (χ4n) is 1.06. The SMILES string of the molecule is C=C(CN1CCC1)C(=O)NC. The van der Waals surface area contributed by atoms with Gasteiger partial charge in [-0.15, -0.1) is 0 Å². The zero-order valence-corrected chi connectivity index (χ0v) is 6.89. The molecule has 0 aromatic rings. The molecule has 0 bridgehead atoms. The van der Waals surface area contributed by atoms with Crippen molar-refractivity contribution in [3.63, 3.8) is 0 Å². The van der Waals surface area contributed by atoms with E-state index in [1.165, 1.54) is 6.42 Å². The molecule has 1 aliphatic heterocycles. The fourth-order valence-corrected chi connectivity index (χ4v) is 1.06. The summed E-state index contributed by atoms with van der Waals surface area (Å²) in [5, 5.41) is 2.55. The summed E-state index contributed by atoms with van der Waals surface area (Å²) in [5.74, 6) is -0.0445. The summed E-state index contributed by atoms with van der Waals surface area (Å²) in [6, 6.07) is 0. The highest BCUT2D eigenvalue weighted by molar-refractivity contribution is 5.92. The van der Waals surface area contributed by atoms with Crippen LogP contribution in [0.4, 0.5) is 0 Å². The van der Waals surface area contributed by atoms with E-state index >= 15 is 0 Å². The van der Waals surface area contributed by atoms with Crippen LogP contribution in [0.2, 0.25) is 0 Å². The first kappa shape index (κ1) is 8.27. The van der Waals surface area contributed by atoms with Crippen molar-refractivity contribution in [2.45, 2.75) is 6.42 Å². The monoisotopic (exact) mass is 154 g/mol. The van der Waals surface area contributed by atoms with E-state index in [1.54, 1.807) is 7.05 Å².